The second-order valence-corrected chi connectivity index (χ2v) is 7.19. The summed E-state index contributed by atoms with van der Waals surface area (Å²) in [5, 5.41) is 0.506. The highest BCUT2D eigenvalue weighted by Gasteiger charge is 2.35. The number of methoxy groups -OCH3 is 3. The standard InChI is InChI=1S/C19H20ClNO4S/c1-23-12-8-16(24-2)14(17(9-12)25-3)10-21-18(22)11-26-19(21)13-6-4-5-7-15(13)20/h4-9,19H,10-11H2,1-3H3. The molecule has 1 fully saturated rings. The van der Waals surface area contributed by atoms with Gasteiger partial charge in [0.15, 0.2) is 0 Å². The molecular weight excluding hydrogens is 374 g/mol. The van der Waals surface area contributed by atoms with E-state index >= 15 is 0 Å². The second kappa shape index (κ2) is 8.10. The number of hydrogen-bond acceptors (Lipinski definition) is 5. The van der Waals surface area contributed by atoms with E-state index in [1.54, 1.807) is 50.1 Å². The topological polar surface area (TPSA) is 48.0 Å². The summed E-state index contributed by atoms with van der Waals surface area (Å²) in [6.07, 6.45) is 0. The first-order chi connectivity index (χ1) is 12.6. The third kappa shape index (κ3) is 3.57. The number of halogens is 1. The zero-order valence-corrected chi connectivity index (χ0v) is 16.4. The van der Waals surface area contributed by atoms with E-state index in [1.165, 1.54) is 0 Å². The number of carbonyl (C=O) groups is 1. The molecule has 2 aromatic carbocycles. The van der Waals surface area contributed by atoms with Crippen molar-refractivity contribution in [2.24, 2.45) is 0 Å². The van der Waals surface area contributed by atoms with Gasteiger partial charge >= 0.3 is 0 Å². The van der Waals surface area contributed by atoms with Crippen molar-refractivity contribution in [2.45, 2.75) is 11.9 Å². The molecule has 3 rings (SSSR count). The van der Waals surface area contributed by atoms with Crippen LogP contribution in [0.5, 0.6) is 17.2 Å². The number of ether oxygens (including phenoxy) is 3. The van der Waals surface area contributed by atoms with Gasteiger partial charge in [-0.2, -0.15) is 0 Å². The SMILES string of the molecule is COc1cc(OC)c(CN2C(=O)CSC2c2ccccc2Cl)c(OC)c1. The quantitative estimate of drug-likeness (QED) is 0.738. The van der Waals surface area contributed by atoms with Crippen LogP contribution < -0.4 is 14.2 Å². The lowest BCUT2D eigenvalue weighted by atomic mass is 10.1. The molecule has 0 radical (unpaired) electrons. The Balaban J connectivity index is 1.98. The van der Waals surface area contributed by atoms with Gasteiger partial charge in [-0.05, 0) is 6.07 Å². The van der Waals surface area contributed by atoms with E-state index in [4.69, 9.17) is 25.8 Å². The van der Waals surface area contributed by atoms with E-state index in [9.17, 15) is 4.79 Å². The van der Waals surface area contributed by atoms with Gasteiger partial charge in [-0.1, -0.05) is 29.8 Å². The number of amides is 1. The maximum Gasteiger partial charge on any atom is 0.234 e. The van der Waals surface area contributed by atoms with Crippen molar-refractivity contribution in [3.8, 4) is 17.2 Å². The zero-order valence-electron chi connectivity index (χ0n) is 14.8. The Morgan fingerprint density at radius 3 is 2.35 bits per heavy atom. The average molecular weight is 394 g/mol. The minimum atomic E-state index is -0.146. The van der Waals surface area contributed by atoms with Crippen LogP contribution in [0.4, 0.5) is 0 Å². The van der Waals surface area contributed by atoms with Crippen LogP contribution in [0.25, 0.3) is 0 Å². The molecule has 5 nitrogen and oxygen atoms in total. The van der Waals surface area contributed by atoms with Gasteiger partial charge in [-0.25, -0.2) is 0 Å². The average Bonchev–Trinajstić information content (AvgIpc) is 3.02. The second-order valence-electron chi connectivity index (χ2n) is 5.72. The van der Waals surface area contributed by atoms with E-state index in [0.717, 1.165) is 11.1 Å². The van der Waals surface area contributed by atoms with Crippen LogP contribution in [-0.4, -0.2) is 37.9 Å². The molecule has 7 heteroatoms. The largest absolute Gasteiger partial charge is 0.496 e. The van der Waals surface area contributed by atoms with Crippen molar-refractivity contribution in [1.82, 2.24) is 4.90 Å². The van der Waals surface area contributed by atoms with Crippen LogP contribution in [0.3, 0.4) is 0 Å². The molecule has 1 unspecified atom stereocenters. The number of hydrogen-bond donors (Lipinski definition) is 0. The Labute approximate surface area is 162 Å². The molecule has 138 valence electrons. The number of nitrogens with zero attached hydrogens (tertiary/aromatic N) is 1. The molecule has 1 amide bonds. The van der Waals surface area contributed by atoms with E-state index in [-0.39, 0.29) is 11.3 Å². The van der Waals surface area contributed by atoms with Crippen molar-refractivity contribution >= 4 is 29.3 Å². The maximum atomic E-state index is 12.6. The molecule has 1 saturated heterocycles. The predicted molar refractivity (Wildman–Crippen MR) is 103 cm³/mol. The lowest BCUT2D eigenvalue weighted by molar-refractivity contribution is -0.128. The third-order valence-electron chi connectivity index (χ3n) is 4.28. The molecule has 1 aliphatic rings. The molecule has 1 heterocycles. The molecule has 1 aliphatic heterocycles. The lowest BCUT2D eigenvalue weighted by Gasteiger charge is -2.26. The number of rotatable bonds is 6. The molecule has 2 aromatic rings. The molecule has 26 heavy (non-hydrogen) atoms. The maximum absolute atomic E-state index is 12.6. The van der Waals surface area contributed by atoms with Crippen LogP contribution in [0, 0.1) is 0 Å². The monoisotopic (exact) mass is 393 g/mol. The predicted octanol–water partition coefficient (Wildman–Crippen LogP) is 4.14. The Kier molecular flexibility index (Phi) is 5.84. The molecule has 1 atom stereocenters. The Morgan fingerprint density at radius 1 is 1.12 bits per heavy atom. The van der Waals surface area contributed by atoms with Gasteiger partial charge in [-0.15, -0.1) is 11.8 Å². The Morgan fingerprint density at radius 2 is 1.77 bits per heavy atom. The first-order valence-electron chi connectivity index (χ1n) is 8.03. The van der Waals surface area contributed by atoms with Gasteiger partial charge < -0.3 is 19.1 Å². The summed E-state index contributed by atoms with van der Waals surface area (Å²) >= 11 is 7.93. The third-order valence-corrected chi connectivity index (χ3v) is 5.87. The summed E-state index contributed by atoms with van der Waals surface area (Å²) in [6.45, 7) is 0.359. The highest BCUT2D eigenvalue weighted by atomic mass is 35.5. The van der Waals surface area contributed by atoms with Gasteiger partial charge in [0.25, 0.3) is 0 Å². The fourth-order valence-corrected chi connectivity index (χ4v) is 4.49. The lowest BCUT2D eigenvalue weighted by Crippen LogP contribution is -2.28. The number of thioether (sulfide) groups is 1. The molecule has 0 bridgehead atoms. The number of benzene rings is 2. The normalized spacial score (nSPS) is 16.7. The van der Waals surface area contributed by atoms with E-state index in [1.807, 2.05) is 24.3 Å². The molecule has 0 aliphatic carbocycles. The molecule has 0 spiro atoms. The van der Waals surface area contributed by atoms with Crippen molar-refractivity contribution < 1.29 is 19.0 Å². The zero-order chi connectivity index (χ0) is 18.7. The van der Waals surface area contributed by atoms with Gasteiger partial charge in [0, 0.05) is 22.7 Å². The summed E-state index contributed by atoms with van der Waals surface area (Å²) in [6, 6.07) is 11.2. The Bertz CT molecular complexity index is 789. The van der Waals surface area contributed by atoms with Crippen LogP contribution in [0.1, 0.15) is 16.5 Å². The van der Waals surface area contributed by atoms with Gasteiger partial charge in [0.1, 0.15) is 22.6 Å². The summed E-state index contributed by atoms with van der Waals surface area (Å²) < 4.78 is 16.3. The van der Waals surface area contributed by atoms with Gasteiger partial charge in [0.2, 0.25) is 5.91 Å². The fourth-order valence-electron chi connectivity index (χ4n) is 2.96. The van der Waals surface area contributed by atoms with Crippen LogP contribution in [-0.2, 0) is 11.3 Å². The van der Waals surface area contributed by atoms with Crippen molar-refractivity contribution in [1.29, 1.82) is 0 Å². The van der Waals surface area contributed by atoms with Gasteiger partial charge in [0.05, 0.1) is 39.2 Å². The smallest absolute Gasteiger partial charge is 0.234 e. The fraction of sp³-hybridized carbons (Fsp3) is 0.316. The summed E-state index contributed by atoms with van der Waals surface area (Å²) in [5.41, 5.74) is 1.72. The summed E-state index contributed by atoms with van der Waals surface area (Å²) in [5.74, 6) is 2.33. The van der Waals surface area contributed by atoms with Crippen LogP contribution in [0.15, 0.2) is 36.4 Å². The minimum absolute atomic E-state index is 0.0554. The summed E-state index contributed by atoms with van der Waals surface area (Å²) in [4.78, 5) is 14.4. The summed E-state index contributed by atoms with van der Waals surface area (Å²) in [7, 11) is 4.76. The van der Waals surface area contributed by atoms with Crippen molar-refractivity contribution in [3.63, 3.8) is 0 Å². The number of carbonyl (C=O) groups excluding carboxylic acids is 1. The molecular formula is C19H20ClNO4S. The minimum Gasteiger partial charge on any atom is -0.496 e. The van der Waals surface area contributed by atoms with Crippen LogP contribution >= 0.6 is 23.4 Å². The molecule has 0 saturated carbocycles. The highest BCUT2D eigenvalue weighted by molar-refractivity contribution is 8.00. The molecule has 0 aromatic heterocycles. The van der Waals surface area contributed by atoms with Crippen molar-refractivity contribution in [3.05, 3.63) is 52.5 Å². The highest BCUT2D eigenvalue weighted by Crippen LogP contribution is 2.44. The first-order valence-corrected chi connectivity index (χ1v) is 9.46. The van der Waals surface area contributed by atoms with E-state index in [0.29, 0.717) is 34.6 Å². The van der Waals surface area contributed by atoms with E-state index < -0.39 is 0 Å². The molecule has 0 N–H and O–H groups in total. The first kappa shape index (κ1) is 18.7. The van der Waals surface area contributed by atoms with Gasteiger partial charge in [-0.3, -0.25) is 4.79 Å². The van der Waals surface area contributed by atoms with E-state index in [2.05, 4.69) is 0 Å². The van der Waals surface area contributed by atoms with Crippen LogP contribution in [0.2, 0.25) is 5.02 Å². The van der Waals surface area contributed by atoms with Crippen molar-refractivity contribution in [2.75, 3.05) is 27.1 Å². The Hall–Kier alpha value is -2.05.